The molecular formula is C24H31NO2. The molecule has 2 N–H and O–H groups in total. The van der Waals surface area contributed by atoms with Crippen molar-refractivity contribution in [2.45, 2.75) is 71.8 Å². The predicted octanol–water partition coefficient (Wildman–Crippen LogP) is 5.02. The van der Waals surface area contributed by atoms with Crippen LogP contribution in [0.15, 0.2) is 30.3 Å². The third-order valence-electron chi connectivity index (χ3n) is 5.73. The molecule has 27 heavy (non-hydrogen) atoms. The molecule has 0 aliphatic carbocycles. The molecular weight excluding hydrogens is 334 g/mol. The number of esters is 1. The van der Waals surface area contributed by atoms with Crippen molar-refractivity contribution >= 4 is 5.97 Å². The number of aryl methyl sites for hydroxylation is 1. The summed E-state index contributed by atoms with van der Waals surface area (Å²) in [7, 11) is 0. The standard InChI is InChI=1S/C24H31NO2/c1-14-10-9-11-17(15(14)2)24(25)19-13-16(22(3,4)5)12-18(23(6,7)8)20(19)27-21(24)26/h9-13H,25H2,1-8H3. The molecule has 2 aromatic rings. The van der Waals surface area contributed by atoms with Gasteiger partial charge in [-0.15, -0.1) is 0 Å². The van der Waals surface area contributed by atoms with Crippen LogP contribution in [0.3, 0.4) is 0 Å². The van der Waals surface area contributed by atoms with Gasteiger partial charge in [0.15, 0.2) is 5.54 Å². The highest BCUT2D eigenvalue weighted by Gasteiger charge is 2.50. The maximum atomic E-state index is 13.1. The Bertz CT molecular complexity index is 929. The third-order valence-corrected chi connectivity index (χ3v) is 5.73. The van der Waals surface area contributed by atoms with Crippen molar-refractivity contribution in [2.75, 3.05) is 0 Å². The summed E-state index contributed by atoms with van der Waals surface area (Å²) in [5, 5.41) is 0. The first-order valence-corrected chi connectivity index (χ1v) is 9.55. The molecule has 3 nitrogen and oxygen atoms in total. The molecule has 0 bridgehead atoms. The van der Waals surface area contributed by atoms with Crippen molar-refractivity contribution in [1.29, 1.82) is 0 Å². The minimum Gasteiger partial charge on any atom is -0.424 e. The van der Waals surface area contributed by atoms with Crippen LogP contribution in [0.5, 0.6) is 5.75 Å². The van der Waals surface area contributed by atoms with Gasteiger partial charge < -0.3 is 10.5 Å². The van der Waals surface area contributed by atoms with Crippen LogP contribution in [0.25, 0.3) is 0 Å². The summed E-state index contributed by atoms with van der Waals surface area (Å²) in [5.74, 6) is 0.228. The van der Waals surface area contributed by atoms with E-state index in [2.05, 4.69) is 53.7 Å². The Balaban J connectivity index is 2.39. The van der Waals surface area contributed by atoms with Crippen LogP contribution in [0, 0.1) is 13.8 Å². The second-order valence-electron chi connectivity index (χ2n) is 9.85. The summed E-state index contributed by atoms with van der Waals surface area (Å²) < 4.78 is 5.83. The zero-order valence-corrected chi connectivity index (χ0v) is 17.8. The molecule has 0 spiro atoms. The number of hydrogen-bond acceptors (Lipinski definition) is 3. The number of carbonyl (C=O) groups is 1. The molecule has 0 aromatic heterocycles. The van der Waals surface area contributed by atoms with E-state index in [0.29, 0.717) is 5.75 Å². The molecule has 1 atom stereocenters. The van der Waals surface area contributed by atoms with Crippen LogP contribution in [0.2, 0.25) is 0 Å². The summed E-state index contributed by atoms with van der Waals surface area (Å²) in [6.45, 7) is 17.0. The Kier molecular flexibility index (Phi) is 4.31. The van der Waals surface area contributed by atoms with Gasteiger partial charge in [0.2, 0.25) is 0 Å². The van der Waals surface area contributed by atoms with Crippen LogP contribution in [-0.4, -0.2) is 5.97 Å². The predicted molar refractivity (Wildman–Crippen MR) is 110 cm³/mol. The lowest BCUT2D eigenvalue weighted by Gasteiger charge is -2.29. The van der Waals surface area contributed by atoms with Crippen LogP contribution in [0.4, 0.5) is 0 Å². The van der Waals surface area contributed by atoms with E-state index in [0.717, 1.165) is 33.4 Å². The topological polar surface area (TPSA) is 52.3 Å². The van der Waals surface area contributed by atoms with Gasteiger partial charge in [0.05, 0.1) is 0 Å². The molecule has 0 amide bonds. The summed E-state index contributed by atoms with van der Waals surface area (Å²) in [6, 6.07) is 10.2. The quantitative estimate of drug-likeness (QED) is 0.570. The Morgan fingerprint density at radius 3 is 2.11 bits per heavy atom. The molecule has 3 rings (SSSR count). The van der Waals surface area contributed by atoms with E-state index in [4.69, 9.17) is 10.5 Å². The molecule has 3 heteroatoms. The Labute approximate surface area is 162 Å². The van der Waals surface area contributed by atoms with Crippen molar-refractivity contribution in [1.82, 2.24) is 0 Å². The van der Waals surface area contributed by atoms with Crippen molar-refractivity contribution in [3.63, 3.8) is 0 Å². The number of nitrogens with two attached hydrogens (primary N) is 1. The number of fused-ring (bicyclic) bond motifs is 1. The van der Waals surface area contributed by atoms with Crippen LogP contribution in [-0.2, 0) is 21.2 Å². The Morgan fingerprint density at radius 2 is 1.56 bits per heavy atom. The number of rotatable bonds is 1. The first-order valence-electron chi connectivity index (χ1n) is 9.55. The maximum absolute atomic E-state index is 13.1. The van der Waals surface area contributed by atoms with E-state index < -0.39 is 11.5 Å². The number of ether oxygens (including phenoxy) is 1. The van der Waals surface area contributed by atoms with Crippen molar-refractivity contribution < 1.29 is 9.53 Å². The van der Waals surface area contributed by atoms with Gasteiger partial charge in [0, 0.05) is 11.1 Å². The van der Waals surface area contributed by atoms with Gasteiger partial charge in [-0.1, -0.05) is 65.8 Å². The van der Waals surface area contributed by atoms with Gasteiger partial charge in [-0.3, -0.25) is 0 Å². The van der Waals surface area contributed by atoms with Gasteiger partial charge in [-0.2, -0.15) is 0 Å². The van der Waals surface area contributed by atoms with Gasteiger partial charge in [0.25, 0.3) is 0 Å². The molecule has 0 saturated heterocycles. The fraction of sp³-hybridized carbons (Fsp3) is 0.458. The highest BCUT2D eigenvalue weighted by molar-refractivity contribution is 5.95. The van der Waals surface area contributed by atoms with E-state index in [1.54, 1.807) is 0 Å². The van der Waals surface area contributed by atoms with Crippen molar-refractivity contribution in [2.24, 2.45) is 5.73 Å². The molecule has 1 unspecified atom stereocenters. The van der Waals surface area contributed by atoms with Gasteiger partial charge >= 0.3 is 5.97 Å². The lowest BCUT2D eigenvalue weighted by molar-refractivity contribution is -0.136. The zero-order chi connectivity index (χ0) is 20.4. The summed E-state index contributed by atoms with van der Waals surface area (Å²) in [6.07, 6.45) is 0. The fourth-order valence-electron chi connectivity index (χ4n) is 3.74. The molecule has 0 fully saturated rings. The highest BCUT2D eigenvalue weighted by Crippen LogP contribution is 2.48. The largest absolute Gasteiger partial charge is 0.424 e. The molecule has 0 radical (unpaired) electrons. The Hall–Kier alpha value is -2.13. The van der Waals surface area contributed by atoms with Crippen LogP contribution < -0.4 is 10.5 Å². The van der Waals surface area contributed by atoms with Gasteiger partial charge in [-0.05, 0) is 53.0 Å². The molecule has 2 aromatic carbocycles. The minimum absolute atomic E-state index is 0.0662. The van der Waals surface area contributed by atoms with Crippen molar-refractivity contribution in [3.05, 3.63) is 63.7 Å². The van der Waals surface area contributed by atoms with Crippen LogP contribution in [0.1, 0.15) is 74.9 Å². The van der Waals surface area contributed by atoms with Gasteiger partial charge in [0.1, 0.15) is 5.75 Å². The Morgan fingerprint density at radius 1 is 0.926 bits per heavy atom. The van der Waals surface area contributed by atoms with E-state index in [1.807, 2.05) is 32.0 Å². The number of benzene rings is 2. The average Bonchev–Trinajstić information content (AvgIpc) is 2.79. The average molecular weight is 366 g/mol. The summed E-state index contributed by atoms with van der Waals surface area (Å²) in [4.78, 5) is 13.1. The zero-order valence-electron chi connectivity index (χ0n) is 17.8. The van der Waals surface area contributed by atoms with Crippen LogP contribution >= 0.6 is 0 Å². The number of carbonyl (C=O) groups excluding carboxylic acids is 1. The summed E-state index contributed by atoms with van der Waals surface area (Å²) >= 11 is 0. The number of hydrogen-bond donors (Lipinski definition) is 1. The molecule has 1 aliphatic rings. The monoisotopic (exact) mass is 365 g/mol. The molecule has 1 aliphatic heterocycles. The normalized spacial score (nSPS) is 19.8. The smallest absolute Gasteiger partial charge is 0.341 e. The van der Waals surface area contributed by atoms with Crippen molar-refractivity contribution in [3.8, 4) is 5.75 Å². The second-order valence-corrected chi connectivity index (χ2v) is 9.85. The first kappa shape index (κ1) is 19.6. The lowest BCUT2D eigenvalue weighted by atomic mass is 9.74. The molecule has 144 valence electrons. The molecule has 0 saturated carbocycles. The van der Waals surface area contributed by atoms with E-state index in [1.165, 1.54) is 0 Å². The van der Waals surface area contributed by atoms with Gasteiger partial charge in [-0.25, -0.2) is 4.79 Å². The van der Waals surface area contributed by atoms with E-state index >= 15 is 0 Å². The fourth-order valence-corrected chi connectivity index (χ4v) is 3.74. The highest BCUT2D eigenvalue weighted by atomic mass is 16.5. The maximum Gasteiger partial charge on any atom is 0.341 e. The lowest BCUT2D eigenvalue weighted by Crippen LogP contribution is -2.44. The van der Waals surface area contributed by atoms with E-state index in [9.17, 15) is 4.79 Å². The molecule has 1 heterocycles. The second kappa shape index (κ2) is 5.93. The van der Waals surface area contributed by atoms with E-state index in [-0.39, 0.29) is 10.8 Å². The summed E-state index contributed by atoms with van der Waals surface area (Å²) in [5.41, 5.74) is 11.3. The SMILES string of the molecule is Cc1cccc(C2(N)C(=O)Oc3c(C(C)(C)C)cc(C(C)(C)C)cc32)c1C. The minimum atomic E-state index is -1.29. The first-order chi connectivity index (χ1) is 12.3. The third kappa shape index (κ3) is 2.98.